The van der Waals surface area contributed by atoms with Gasteiger partial charge in [-0.1, -0.05) is 13.0 Å². The Bertz CT molecular complexity index is 585. The van der Waals surface area contributed by atoms with E-state index in [0.717, 1.165) is 23.2 Å². The second-order valence-corrected chi connectivity index (χ2v) is 7.01. The summed E-state index contributed by atoms with van der Waals surface area (Å²) in [5, 5.41) is 3.57. The Hall–Kier alpha value is -1.77. The smallest absolute Gasteiger partial charge is 0.187 e. The summed E-state index contributed by atoms with van der Waals surface area (Å²) in [4.78, 5) is 14.2. The third-order valence-electron chi connectivity index (χ3n) is 4.01. The van der Waals surface area contributed by atoms with E-state index in [1.165, 1.54) is 5.56 Å². The van der Waals surface area contributed by atoms with Gasteiger partial charge < -0.3 is 10.2 Å². The second-order valence-electron chi connectivity index (χ2n) is 7.01. The number of hydrogen-bond donors (Lipinski definition) is 1. The van der Waals surface area contributed by atoms with Crippen LogP contribution in [0.15, 0.2) is 24.4 Å². The van der Waals surface area contributed by atoms with E-state index >= 15 is 0 Å². The maximum absolute atomic E-state index is 12.4. The molecule has 3 heteroatoms. The van der Waals surface area contributed by atoms with E-state index in [-0.39, 0.29) is 11.3 Å². The predicted octanol–water partition coefficient (Wildman–Crippen LogP) is 3.95. The third kappa shape index (κ3) is 3.46. The largest absolute Gasteiger partial charge is 0.383 e. The highest BCUT2D eigenvalue weighted by Gasteiger charge is 2.30. The summed E-state index contributed by atoms with van der Waals surface area (Å²) in [5.41, 5.74) is 4.33. The van der Waals surface area contributed by atoms with Crippen LogP contribution in [-0.2, 0) is 0 Å². The van der Waals surface area contributed by atoms with Crippen molar-refractivity contribution in [3.63, 3.8) is 0 Å². The molecule has 1 unspecified atom stereocenters. The molecule has 1 aliphatic heterocycles. The van der Waals surface area contributed by atoms with Gasteiger partial charge in [0.25, 0.3) is 0 Å². The molecule has 1 aliphatic rings. The molecule has 0 aromatic heterocycles. The summed E-state index contributed by atoms with van der Waals surface area (Å²) in [5.74, 6) is 0.568. The number of allylic oxidation sites excluding steroid dienone is 1. The molecular formula is C18H26N2O. The van der Waals surface area contributed by atoms with Gasteiger partial charge in [0, 0.05) is 43.2 Å². The van der Waals surface area contributed by atoms with Crippen molar-refractivity contribution < 1.29 is 4.79 Å². The van der Waals surface area contributed by atoms with Gasteiger partial charge in [-0.05, 0) is 50.3 Å². The molecule has 0 saturated heterocycles. The fraction of sp³-hybridized carbons (Fsp3) is 0.500. The summed E-state index contributed by atoms with van der Waals surface area (Å²) < 4.78 is 0. The van der Waals surface area contributed by atoms with Crippen molar-refractivity contribution in [1.82, 2.24) is 4.90 Å². The molecule has 0 amide bonds. The summed E-state index contributed by atoms with van der Waals surface area (Å²) in [7, 11) is 3.82. The number of aryl methyl sites for hydroxylation is 1. The number of nitrogens with zero attached hydrogens (tertiary/aromatic N) is 1. The lowest BCUT2D eigenvalue weighted by molar-refractivity contribution is 0.104. The van der Waals surface area contributed by atoms with Crippen LogP contribution >= 0.6 is 0 Å². The molecule has 0 spiro atoms. The van der Waals surface area contributed by atoms with Crippen LogP contribution in [0.5, 0.6) is 0 Å². The first-order valence-corrected chi connectivity index (χ1v) is 7.51. The highest BCUT2D eigenvalue weighted by molar-refractivity contribution is 6.06. The highest BCUT2D eigenvalue weighted by atomic mass is 16.1. The molecule has 0 radical (unpaired) electrons. The topological polar surface area (TPSA) is 32.3 Å². The van der Waals surface area contributed by atoms with E-state index in [1.54, 1.807) is 12.3 Å². The summed E-state index contributed by atoms with van der Waals surface area (Å²) in [6.07, 6.45) is 4.53. The van der Waals surface area contributed by atoms with Crippen LogP contribution < -0.4 is 5.32 Å². The minimum Gasteiger partial charge on any atom is -0.383 e. The lowest BCUT2D eigenvalue weighted by Crippen LogP contribution is -2.36. The van der Waals surface area contributed by atoms with Crippen molar-refractivity contribution in [2.75, 3.05) is 19.4 Å². The summed E-state index contributed by atoms with van der Waals surface area (Å²) in [6.45, 7) is 8.69. The van der Waals surface area contributed by atoms with Gasteiger partial charge in [0.05, 0.1) is 0 Å². The van der Waals surface area contributed by atoms with Crippen LogP contribution in [0.4, 0.5) is 5.69 Å². The molecular weight excluding hydrogens is 260 g/mol. The standard InChI is InChI=1S/C18H26N2O/c1-12-9-14-13(2)11-18(3,4)19-16(14)10-15(12)17(21)7-8-20(5)6/h7-10,13,19H,11H2,1-6H3. The average Bonchev–Trinajstić information content (AvgIpc) is 2.35. The lowest BCUT2D eigenvalue weighted by atomic mass is 9.80. The van der Waals surface area contributed by atoms with E-state index in [4.69, 9.17) is 0 Å². The number of nitrogens with one attached hydrogen (secondary N) is 1. The van der Waals surface area contributed by atoms with Crippen LogP contribution in [-0.4, -0.2) is 30.3 Å². The second kappa shape index (κ2) is 5.55. The lowest BCUT2D eigenvalue weighted by Gasteiger charge is -2.38. The minimum atomic E-state index is 0.0573. The van der Waals surface area contributed by atoms with Crippen molar-refractivity contribution in [3.05, 3.63) is 41.1 Å². The Kier molecular flexibility index (Phi) is 4.13. The third-order valence-corrected chi connectivity index (χ3v) is 4.01. The molecule has 1 aromatic rings. The molecule has 1 atom stereocenters. The first kappa shape index (κ1) is 15.6. The normalized spacial score (nSPS) is 20.0. The van der Waals surface area contributed by atoms with Gasteiger partial charge in [-0.15, -0.1) is 0 Å². The van der Waals surface area contributed by atoms with Crippen LogP contribution in [0, 0.1) is 6.92 Å². The molecule has 0 bridgehead atoms. The van der Waals surface area contributed by atoms with Crippen LogP contribution in [0.2, 0.25) is 0 Å². The number of ketones is 1. The molecule has 21 heavy (non-hydrogen) atoms. The van der Waals surface area contributed by atoms with Gasteiger partial charge in [0.2, 0.25) is 0 Å². The number of hydrogen-bond acceptors (Lipinski definition) is 3. The van der Waals surface area contributed by atoms with E-state index in [0.29, 0.717) is 5.92 Å². The molecule has 1 heterocycles. The van der Waals surface area contributed by atoms with E-state index in [1.807, 2.05) is 32.0 Å². The Labute approximate surface area is 128 Å². The van der Waals surface area contributed by atoms with Gasteiger partial charge in [-0.25, -0.2) is 0 Å². The Morgan fingerprint density at radius 1 is 1.38 bits per heavy atom. The van der Waals surface area contributed by atoms with Gasteiger partial charge in [0.1, 0.15) is 0 Å². The van der Waals surface area contributed by atoms with Crippen LogP contribution in [0.3, 0.4) is 0 Å². The number of fused-ring (bicyclic) bond motifs is 1. The molecule has 1 aromatic carbocycles. The molecule has 2 rings (SSSR count). The molecule has 3 nitrogen and oxygen atoms in total. The van der Waals surface area contributed by atoms with E-state index in [2.05, 4.69) is 32.2 Å². The van der Waals surface area contributed by atoms with Gasteiger partial charge in [0.15, 0.2) is 5.78 Å². The Morgan fingerprint density at radius 3 is 2.67 bits per heavy atom. The number of carbonyl (C=O) groups is 1. The Balaban J connectivity index is 2.40. The van der Waals surface area contributed by atoms with E-state index < -0.39 is 0 Å². The molecule has 0 aliphatic carbocycles. The first-order chi connectivity index (χ1) is 9.69. The van der Waals surface area contributed by atoms with Crippen molar-refractivity contribution in [2.45, 2.75) is 45.6 Å². The average molecular weight is 286 g/mol. The van der Waals surface area contributed by atoms with Gasteiger partial charge >= 0.3 is 0 Å². The van der Waals surface area contributed by atoms with Crippen LogP contribution in [0.1, 0.15) is 54.6 Å². The fourth-order valence-electron chi connectivity index (χ4n) is 3.11. The first-order valence-electron chi connectivity index (χ1n) is 7.51. The van der Waals surface area contributed by atoms with Crippen LogP contribution in [0.25, 0.3) is 0 Å². The highest BCUT2D eigenvalue weighted by Crippen LogP contribution is 2.39. The van der Waals surface area contributed by atoms with E-state index in [9.17, 15) is 4.79 Å². The SMILES string of the molecule is Cc1cc2c(cc1C(=O)C=CN(C)C)NC(C)(C)CC2C. The summed E-state index contributed by atoms with van der Waals surface area (Å²) >= 11 is 0. The number of carbonyl (C=O) groups excluding carboxylic acids is 1. The van der Waals surface area contributed by atoms with Gasteiger partial charge in [-0.3, -0.25) is 4.79 Å². The monoisotopic (exact) mass is 286 g/mol. The van der Waals surface area contributed by atoms with Gasteiger partial charge in [-0.2, -0.15) is 0 Å². The fourth-order valence-corrected chi connectivity index (χ4v) is 3.11. The molecule has 1 N–H and O–H groups in total. The number of rotatable bonds is 3. The van der Waals surface area contributed by atoms with Crippen molar-refractivity contribution >= 4 is 11.5 Å². The maximum Gasteiger partial charge on any atom is 0.187 e. The zero-order chi connectivity index (χ0) is 15.8. The summed E-state index contributed by atoms with van der Waals surface area (Å²) in [6, 6.07) is 4.18. The minimum absolute atomic E-state index is 0.0573. The quantitative estimate of drug-likeness (QED) is 0.674. The predicted molar refractivity (Wildman–Crippen MR) is 89.1 cm³/mol. The molecule has 0 saturated carbocycles. The van der Waals surface area contributed by atoms with Crippen molar-refractivity contribution in [1.29, 1.82) is 0 Å². The van der Waals surface area contributed by atoms with Crippen molar-refractivity contribution in [3.8, 4) is 0 Å². The zero-order valence-electron chi connectivity index (χ0n) is 13.9. The molecule has 114 valence electrons. The zero-order valence-corrected chi connectivity index (χ0v) is 13.9. The number of benzene rings is 1. The maximum atomic E-state index is 12.4. The number of anilines is 1. The molecule has 0 fully saturated rings. The Morgan fingerprint density at radius 2 is 2.05 bits per heavy atom. The van der Waals surface area contributed by atoms with Crippen molar-refractivity contribution in [2.24, 2.45) is 0 Å².